The number of nitrogens with one attached hydrogen (secondary N) is 1. The highest BCUT2D eigenvalue weighted by molar-refractivity contribution is 7.12. The van der Waals surface area contributed by atoms with Crippen LogP contribution in [0.3, 0.4) is 0 Å². The molecule has 74 valence electrons. The minimum atomic E-state index is 0.815. The fourth-order valence-electron chi connectivity index (χ4n) is 1.61. The first-order valence-corrected chi connectivity index (χ1v) is 5.62. The minimum Gasteiger partial charge on any atom is -0.314 e. The number of piperazine rings is 1. The summed E-state index contributed by atoms with van der Waals surface area (Å²) in [7, 11) is 0. The molecule has 1 saturated heterocycles. The van der Waals surface area contributed by atoms with E-state index in [9.17, 15) is 0 Å². The molecule has 1 aromatic rings. The standard InChI is InChI=1S/C10H13N3S/c11-7-9-1-2-10(14-9)8-13-5-3-12-4-6-13/h1-2,12H,3-6,8H2. The highest BCUT2D eigenvalue weighted by Gasteiger charge is 2.10. The number of nitriles is 1. The molecular formula is C10H13N3S. The Morgan fingerprint density at radius 2 is 2.21 bits per heavy atom. The van der Waals surface area contributed by atoms with Crippen molar-refractivity contribution in [3.8, 4) is 6.07 Å². The van der Waals surface area contributed by atoms with Crippen LogP contribution in [0.25, 0.3) is 0 Å². The van der Waals surface area contributed by atoms with Crippen LogP contribution >= 0.6 is 11.3 Å². The second-order valence-electron chi connectivity index (χ2n) is 3.40. The van der Waals surface area contributed by atoms with E-state index in [0.717, 1.165) is 37.6 Å². The van der Waals surface area contributed by atoms with Gasteiger partial charge >= 0.3 is 0 Å². The summed E-state index contributed by atoms with van der Waals surface area (Å²) in [4.78, 5) is 4.53. The molecule has 2 rings (SSSR count). The Labute approximate surface area is 88.0 Å². The molecule has 0 aromatic carbocycles. The molecule has 1 aromatic heterocycles. The van der Waals surface area contributed by atoms with Crippen LogP contribution in [0.15, 0.2) is 12.1 Å². The summed E-state index contributed by atoms with van der Waals surface area (Å²) in [6.07, 6.45) is 0. The van der Waals surface area contributed by atoms with E-state index >= 15 is 0 Å². The van der Waals surface area contributed by atoms with Crippen molar-refractivity contribution in [2.24, 2.45) is 0 Å². The van der Waals surface area contributed by atoms with Crippen molar-refractivity contribution in [2.75, 3.05) is 26.2 Å². The van der Waals surface area contributed by atoms with Gasteiger partial charge in [0.15, 0.2) is 0 Å². The number of thiophene rings is 1. The van der Waals surface area contributed by atoms with Gasteiger partial charge in [-0.05, 0) is 12.1 Å². The first-order chi connectivity index (χ1) is 6.88. The molecule has 0 spiro atoms. The van der Waals surface area contributed by atoms with Crippen LogP contribution < -0.4 is 5.32 Å². The van der Waals surface area contributed by atoms with Gasteiger partial charge in [0.1, 0.15) is 10.9 Å². The lowest BCUT2D eigenvalue weighted by Crippen LogP contribution is -2.42. The lowest BCUT2D eigenvalue weighted by atomic mass is 10.3. The number of rotatable bonds is 2. The second kappa shape index (κ2) is 4.56. The second-order valence-corrected chi connectivity index (χ2v) is 4.57. The lowest BCUT2D eigenvalue weighted by Gasteiger charge is -2.26. The maximum absolute atomic E-state index is 8.69. The molecule has 1 N–H and O–H groups in total. The van der Waals surface area contributed by atoms with Crippen molar-refractivity contribution in [3.63, 3.8) is 0 Å². The maximum Gasteiger partial charge on any atom is 0.110 e. The van der Waals surface area contributed by atoms with Crippen LogP contribution in [0.4, 0.5) is 0 Å². The molecule has 0 saturated carbocycles. The van der Waals surface area contributed by atoms with Gasteiger partial charge in [-0.2, -0.15) is 5.26 Å². The summed E-state index contributed by atoms with van der Waals surface area (Å²) in [6.45, 7) is 5.38. The van der Waals surface area contributed by atoms with Gasteiger partial charge in [0.05, 0.1) is 0 Å². The van der Waals surface area contributed by atoms with Crippen LogP contribution in [0.5, 0.6) is 0 Å². The van der Waals surface area contributed by atoms with Gasteiger partial charge < -0.3 is 5.32 Å². The van der Waals surface area contributed by atoms with E-state index in [2.05, 4.69) is 22.4 Å². The average molecular weight is 207 g/mol. The topological polar surface area (TPSA) is 39.1 Å². The average Bonchev–Trinajstić information content (AvgIpc) is 2.67. The molecule has 3 nitrogen and oxygen atoms in total. The van der Waals surface area contributed by atoms with Gasteiger partial charge in [0, 0.05) is 37.6 Å². The predicted molar refractivity (Wildman–Crippen MR) is 57.2 cm³/mol. The Balaban J connectivity index is 1.93. The minimum absolute atomic E-state index is 0.815. The molecule has 0 amide bonds. The van der Waals surface area contributed by atoms with E-state index in [1.807, 2.05) is 6.07 Å². The fourth-order valence-corrected chi connectivity index (χ4v) is 2.46. The van der Waals surface area contributed by atoms with Crippen molar-refractivity contribution in [2.45, 2.75) is 6.54 Å². The van der Waals surface area contributed by atoms with Crippen molar-refractivity contribution in [1.29, 1.82) is 5.26 Å². The molecule has 1 fully saturated rings. The highest BCUT2D eigenvalue weighted by atomic mass is 32.1. The number of nitrogens with zero attached hydrogens (tertiary/aromatic N) is 2. The highest BCUT2D eigenvalue weighted by Crippen LogP contribution is 2.17. The predicted octanol–water partition coefficient (Wildman–Crippen LogP) is 1.02. The molecular weight excluding hydrogens is 194 g/mol. The summed E-state index contributed by atoms with van der Waals surface area (Å²) in [5.74, 6) is 0. The van der Waals surface area contributed by atoms with Crippen molar-refractivity contribution in [3.05, 3.63) is 21.9 Å². The molecule has 1 aliphatic heterocycles. The Morgan fingerprint density at radius 1 is 1.43 bits per heavy atom. The van der Waals surface area contributed by atoms with Crippen LogP contribution in [-0.2, 0) is 6.54 Å². The van der Waals surface area contributed by atoms with E-state index < -0.39 is 0 Å². The Hall–Kier alpha value is -0.890. The largest absolute Gasteiger partial charge is 0.314 e. The summed E-state index contributed by atoms with van der Waals surface area (Å²) in [6, 6.07) is 6.14. The molecule has 0 bridgehead atoms. The van der Waals surface area contributed by atoms with Crippen LogP contribution in [-0.4, -0.2) is 31.1 Å². The quantitative estimate of drug-likeness (QED) is 0.787. The molecule has 0 radical (unpaired) electrons. The SMILES string of the molecule is N#Cc1ccc(CN2CCNCC2)s1. The summed E-state index contributed by atoms with van der Waals surface area (Å²) in [5.41, 5.74) is 0. The number of hydrogen-bond donors (Lipinski definition) is 1. The first-order valence-electron chi connectivity index (χ1n) is 4.80. The lowest BCUT2D eigenvalue weighted by molar-refractivity contribution is 0.235. The van der Waals surface area contributed by atoms with Gasteiger partial charge in [-0.15, -0.1) is 11.3 Å². The number of hydrogen-bond acceptors (Lipinski definition) is 4. The molecule has 14 heavy (non-hydrogen) atoms. The summed E-state index contributed by atoms with van der Waals surface area (Å²) in [5, 5.41) is 12.0. The smallest absolute Gasteiger partial charge is 0.110 e. The van der Waals surface area contributed by atoms with E-state index in [-0.39, 0.29) is 0 Å². The zero-order valence-corrected chi connectivity index (χ0v) is 8.81. The summed E-state index contributed by atoms with van der Waals surface area (Å²) < 4.78 is 0. The van der Waals surface area contributed by atoms with Gasteiger partial charge in [-0.1, -0.05) is 0 Å². The Kier molecular flexibility index (Phi) is 3.14. The van der Waals surface area contributed by atoms with Crippen molar-refractivity contribution in [1.82, 2.24) is 10.2 Å². The Bertz CT molecular complexity index is 333. The maximum atomic E-state index is 8.69. The van der Waals surface area contributed by atoms with Crippen LogP contribution in [0, 0.1) is 11.3 Å². The molecule has 4 heteroatoms. The molecule has 2 heterocycles. The van der Waals surface area contributed by atoms with Crippen molar-refractivity contribution >= 4 is 11.3 Å². The van der Waals surface area contributed by atoms with Crippen molar-refractivity contribution < 1.29 is 0 Å². The zero-order valence-electron chi connectivity index (χ0n) is 7.99. The van der Waals surface area contributed by atoms with Gasteiger partial charge in [-0.25, -0.2) is 0 Å². The summed E-state index contributed by atoms with van der Waals surface area (Å²) >= 11 is 1.60. The third kappa shape index (κ3) is 2.32. The molecule has 0 atom stereocenters. The normalized spacial score (nSPS) is 17.9. The third-order valence-corrected chi connectivity index (χ3v) is 3.34. The first kappa shape index (κ1) is 9.66. The Morgan fingerprint density at radius 3 is 2.86 bits per heavy atom. The molecule has 0 aliphatic carbocycles. The van der Waals surface area contributed by atoms with E-state index in [4.69, 9.17) is 5.26 Å². The zero-order chi connectivity index (χ0) is 9.80. The fraction of sp³-hybridized carbons (Fsp3) is 0.500. The van der Waals surface area contributed by atoms with Gasteiger partial charge in [-0.3, -0.25) is 4.90 Å². The van der Waals surface area contributed by atoms with Crippen LogP contribution in [0.1, 0.15) is 9.75 Å². The van der Waals surface area contributed by atoms with E-state index in [1.165, 1.54) is 4.88 Å². The van der Waals surface area contributed by atoms with E-state index in [1.54, 1.807) is 11.3 Å². The van der Waals surface area contributed by atoms with Crippen LogP contribution in [0.2, 0.25) is 0 Å². The third-order valence-electron chi connectivity index (χ3n) is 2.36. The molecule has 0 unspecified atom stereocenters. The monoisotopic (exact) mass is 207 g/mol. The van der Waals surface area contributed by atoms with Gasteiger partial charge in [0.25, 0.3) is 0 Å². The molecule has 1 aliphatic rings. The van der Waals surface area contributed by atoms with Gasteiger partial charge in [0.2, 0.25) is 0 Å². The van der Waals surface area contributed by atoms with E-state index in [0.29, 0.717) is 0 Å².